The zero-order valence-corrected chi connectivity index (χ0v) is 14.3. The molecule has 0 unspecified atom stereocenters. The first kappa shape index (κ1) is 17.3. The minimum Gasteiger partial charge on any atom is -0.343 e. The first-order valence-corrected chi connectivity index (χ1v) is 7.73. The monoisotopic (exact) mass is 350 g/mol. The second-order valence-electron chi connectivity index (χ2n) is 5.12. The number of hydrogen-bond donors (Lipinski definition) is 2. The first-order valence-electron chi connectivity index (χ1n) is 6.98. The Morgan fingerprint density at radius 2 is 1.70 bits per heavy atom. The molecule has 0 aromatic heterocycles. The van der Waals surface area contributed by atoms with Gasteiger partial charge in [0.25, 0.3) is 5.91 Å². The van der Waals surface area contributed by atoms with Gasteiger partial charge in [0.2, 0.25) is 5.91 Å². The van der Waals surface area contributed by atoms with Crippen LogP contribution in [-0.4, -0.2) is 18.4 Å². The predicted octanol–water partition coefficient (Wildman–Crippen LogP) is 3.98. The number of hydrogen-bond acceptors (Lipinski definition) is 2. The molecule has 6 heteroatoms. The SMILES string of the molecule is Cc1cccc(C)c1NC(=O)CNC(=O)c1ccc(Cl)cc1Cl. The molecular weight excluding hydrogens is 335 g/mol. The van der Waals surface area contributed by atoms with E-state index in [2.05, 4.69) is 10.6 Å². The first-order chi connectivity index (χ1) is 10.9. The highest BCUT2D eigenvalue weighted by Crippen LogP contribution is 2.21. The van der Waals surface area contributed by atoms with Crippen LogP contribution >= 0.6 is 23.2 Å². The molecule has 0 bridgehead atoms. The van der Waals surface area contributed by atoms with Crippen LogP contribution in [0.1, 0.15) is 21.5 Å². The van der Waals surface area contributed by atoms with Gasteiger partial charge in [-0.05, 0) is 43.2 Å². The number of benzene rings is 2. The van der Waals surface area contributed by atoms with Crippen LogP contribution in [0.2, 0.25) is 10.0 Å². The number of aryl methyl sites for hydroxylation is 2. The summed E-state index contributed by atoms with van der Waals surface area (Å²) in [6, 6.07) is 10.3. The third kappa shape index (κ3) is 4.47. The lowest BCUT2D eigenvalue weighted by molar-refractivity contribution is -0.115. The van der Waals surface area contributed by atoms with Gasteiger partial charge in [0.1, 0.15) is 0 Å². The lowest BCUT2D eigenvalue weighted by Crippen LogP contribution is -2.33. The fraction of sp³-hybridized carbons (Fsp3) is 0.176. The Bertz CT molecular complexity index is 740. The van der Waals surface area contributed by atoms with E-state index in [4.69, 9.17) is 23.2 Å². The van der Waals surface area contributed by atoms with Gasteiger partial charge in [-0.15, -0.1) is 0 Å². The molecule has 4 nitrogen and oxygen atoms in total. The lowest BCUT2D eigenvalue weighted by Gasteiger charge is -2.12. The van der Waals surface area contributed by atoms with Crippen molar-refractivity contribution in [1.29, 1.82) is 0 Å². The maximum absolute atomic E-state index is 12.0. The second-order valence-corrected chi connectivity index (χ2v) is 5.97. The molecule has 0 aliphatic rings. The highest BCUT2D eigenvalue weighted by Gasteiger charge is 2.13. The van der Waals surface area contributed by atoms with Crippen molar-refractivity contribution >= 4 is 40.7 Å². The van der Waals surface area contributed by atoms with E-state index in [-0.39, 0.29) is 23.0 Å². The van der Waals surface area contributed by atoms with Crippen molar-refractivity contribution in [3.63, 3.8) is 0 Å². The van der Waals surface area contributed by atoms with Crippen molar-refractivity contribution in [3.8, 4) is 0 Å². The van der Waals surface area contributed by atoms with E-state index >= 15 is 0 Å². The molecular formula is C17H16Cl2N2O2. The Kier molecular flexibility index (Phi) is 5.64. The Labute approximate surface area is 144 Å². The summed E-state index contributed by atoms with van der Waals surface area (Å²) in [6.07, 6.45) is 0. The largest absolute Gasteiger partial charge is 0.343 e. The van der Waals surface area contributed by atoms with Crippen LogP contribution in [-0.2, 0) is 4.79 Å². The average Bonchev–Trinajstić information content (AvgIpc) is 2.49. The topological polar surface area (TPSA) is 58.2 Å². The average molecular weight is 351 g/mol. The quantitative estimate of drug-likeness (QED) is 0.875. The Balaban J connectivity index is 1.98. The zero-order valence-electron chi connectivity index (χ0n) is 12.7. The number of carbonyl (C=O) groups excluding carboxylic acids is 2. The molecule has 0 radical (unpaired) electrons. The predicted molar refractivity (Wildman–Crippen MR) is 93.3 cm³/mol. The van der Waals surface area contributed by atoms with E-state index < -0.39 is 5.91 Å². The minimum atomic E-state index is -0.427. The Morgan fingerprint density at radius 3 is 2.30 bits per heavy atom. The lowest BCUT2D eigenvalue weighted by atomic mass is 10.1. The molecule has 23 heavy (non-hydrogen) atoms. The van der Waals surface area contributed by atoms with Crippen LogP contribution in [0.3, 0.4) is 0 Å². The van der Waals surface area contributed by atoms with Gasteiger partial charge in [0, 0.05) is 10.7 Å². The van der Waals surface area contributed by atoms with Gasteiger partial charge in [0.05, 0.1) is 17.1 Å². The molecule has 0 saturated heterocycles. The molecule has 2 aromatic carbocycles. The summed E-state index contributed by atoms with van der Waals surface area (Å²) in [6.45, 7) is 3.68. The van der Waals surface area contributed by atoms with Gasteiger partial charge in [-0.25, -0.2) is 0 Å². The van der Waals surface area contributed by atoms with Crippen LogP contribution in [0, 0.1) is 13.8 Å². The van der Waals surface area contributed by atoms with E-state index in [9.17, 15) is 9.59 Å². The molecule has 0 saturated carbocycles. The summed E-state index contributed by atoms with van der Waals surface area (Å²) in [5.41, 5.74) is 2.96. The van der Waals surface area contributed by atoms with Gasteiger partial charge in [0.15, 0.2) is 0 Å². The number of nitrogens with one attached hydrogen (secondary N) is 2. The number of carbonyl (C=O) groups is 2. The van der Waals surface area contributed by atoms with Crippen molar-refractivity contribution in [2.75, 3.05) is 11.9 Å². The van der Waals surface area contributed by atoms with E-state index in [1.54, 1.807) is 6.07 Å². The molecule has 0 atom stereocenters. The molecule has 2 aromatic rings. The normalized spacial score (nSPS) is 10.3. The van der Waals surface area contributed by atoms with Crippen LogP contribution in [0.4, 0.5) is 5.69 Å². The van der Waals surface area contributed by atoms with E-state index in [0.29, 0.717) is 5.02 Å². The number of halogens is 2. The van der Waals surface area contributed by atoms with Gasteiger partial charge in [-0.2, -0.15) is 0 Å². The fourth-order valence-corrected chi connectivity index (χ4v) is 2.62. The second kappa shape index (κ2) is 7.49. The molecule has 0 fully saturated rings. The highest BCUT2D eigenvalue weighted by atomic mass is 35.5. The fourth-order valence-electron chi connectivity index (χ4n) is 2.12. The van der Waals surface area contributed by atoms with Gasteiger partial charge < -0.3 is 10.6 Å². The summed E-state index contributed by atoms with van der Waals surface area (Å²) < 4.78 is 0. The third-order valence-corrected chi connectivity index (χ3v) is 3.88. The van der Waals surface area contributed by atoms with E-state index in [1.807, 2.05) is 32.0 Å². The number of para-hydroxylation sites is 1. The smallest absolute Gasteiger partial charge is 0.253 e. The van der Waals surface area contributed by atoms with Crippen molar-refractivity contribution in [3.05, 3.63) is 63.1 Å². The molecule has 0 heterocycles. The van der Waals surface area contributed by atoms with Crippen LogP contribution in [0.5, 0.6) is 0 Å². The number of rotatable bonds is 4. The molecule has 2 amide bonds. The van der Waals surface area contributed by atoms with Crippen LogP contribution in [0.25, 0.3) is 0 Å². The van der Waals surface area contributed by atoms with Crippen molar-refractivity contribution in [2.45, 2.75) is 13.8 Å². The van der Waals surface area contributed by atoms with Crippen molar-refractivity contribution in [1.82, 2.24) is 5.32 Å². The molecule has 120 valence electrons. The summed E-state index contributed by atoms with van der Waals surface area (Å²) in [5.74, 6) is -0.732. The standard InChI is InChI=1S/C17H16Cl2N2O2/c1-10-4-3-5-11(2)16(10)21-15(22)9-20-17(23)13-7-6-12(18)8-14(13)19/h3-8H,9H2,1-2H3,(H,20,23)(H,21,22). The van der Waals surface area contributed by atoms with Crippen molar-refractivity contribution in [2.24, 2.45) is 0 Å². The maximum Gasteiger partial charge on any atom is 0.253 e. The summed E-state index contributed by atoms with van der Waals surface area (Å²) in [5, 5.41) is 6.03. The molecule has 2 N–H and O–H groups in total. The van der Waals surface area contributed by atoms with Crippen molar-refractivity contribution < 1.29 is 9.59 Å². The Hall–Kier alpha value is -2.04. The van der Waals surface area contributed by atoms with Crippen LogP contribution < -0.4 is 10.6 Å². The minimum absolute atomic E-state index is 0.147. The molecule has 0 spiro atoms. The van der Waals surface area contributed by atoms with Gasteiger partial charge in [-0.1, -0.05) is 41.4 Å². The number of anilines is 1. The third-order valence-electron chi connectivity index (χ3n) is 3.33. The van der Waals surface area contributed by atoms with Crippen LogP contribution in [0.15, 0.2) is 36.4 Å². The maximum atomic E-state index is 12.0. The summed E-state index contributed by atoms with van der Waals surface area (Å²) >= 11 is 11.8. The van der Waals surface area contributed by atoms with E-state index in [0.717, 1.165) is 16.8 Å². The highest BCUT2D eigenvalue weighted by molar-refractivity contribution is 6.36. The van der Waals surface area contributed by atoms with Gasteiger partial charge >= 0.3 is 0 Å². The molecule has 0 aliphatic heterocycles. The van der Waals surface area contributed by atoms with E-state index in [1.165, 1.54) is 12.1 Å². The molecule has 0 aliphatic carbocycles. The Morgan fingerprint density at radius 1 is 1.04 bits per heavy atom. The van der Waals surface area contributed by atoms with Gasteiger partial charge in [-0.3, -0.25) is 9.59 Å². The summed E-state index contributed by atoms with van der Waals surface area (Å²) in [7, 11) is 0. The summed E-state index contributed by atoms with van der Waals surface area (Å²) in [4.78, 5) is 24.1. The zero-order chi connectivity index (χ0) is 17.0. The molecule has 2 rings (SSSR count). The number of amides is 2.